The van der Waals surface area contributed by atoms with Crippen LogP contribution in [0.5, 0.6) is 11.5 Å². The summed E-state index contributed by atoms with van der Waals surface area (Å²) in [6.45, 7) is 1.05. The minimum Gasteiger partial charge on any atom is -0.508 e. The van der Waals surface area contributed by atoms with Crippen molar-refractivity contribution in [1.82, 2.24) is 4.90 Å². The standard InChI is InChI=1S/C33H26BNO7/c1-35(17-21-6-2-4-8-28(21)34(39)40)18-22-15-27-31(16-29(22)38)42-33-24-13-11-23(37)14-20(24)10-12-26(33)32(27)25-7-3-5-9-30(25)41-19-36/h2-16,19,37,39-40H,17-18H2,1H3. The molecule has 0 saturated carbocycles. The normalized spacial score (nSPS) is 11.4. The summed E-state index contributed by atoms with van der Waals surface area (Å²) in [5.41, 5.74) is 4.02. The SMILES string of the molecule is CN(Cc1ccccc1B(O)O)Cc1cc2c(-c3ccccc3OC=O)c3ccc4cc(O)ccc4c3oc-2cc1=O. The van der Waals surface area contributed by atoms with E-state index in [0.717, 1.165) is 27.3 Å². The second-order valence-corrected chi connectivity index (χ2v) is 10.2. The number of benzene rings is 5. The Morgan fingerprint density at radius 1 is 0.857 bits per heavy atom. The largest absolute Gasteiger partial charge is 0.508 e. The number of phenolic OH excluding ortho intramolecular Hbond substituents is 1. The van der Waals surface area contributed by atoms with Crippen LogP contribution in [-0.4, -0.2) is 40.7 Å². The number of para-hydroxylation sites is 1. The van der Waals surface area contributed by atoms with Crippen LogP contribution in [0.15, 0.2) is 100 Å². The summed E-state index contributed by atoms with van der Waals surface area (Å²) in [7, 11) is 0.251. The molecule has 0 saturated heterocycles. The van der Waals surface area contributed by atoms with Crippen molar-refractivity contribution in [2.24, 2.45) is 0 Å². The van der Waals surface area contributed by atoms with Crippen molar-refractivity contribution >= 4 is 40.8 Å². The van der Waals surface area contributed by atoms with Crippen molar-refractivity contribution in [1.29, 1.82) is 0 Å². The molecule has 6 rings (SSSR count). The summed E-state index contributed by atoms with van der Waals surface area (Å²) in [5, 5.41) is 31.8. The van der Waals surface area contributed by atoms with E-state index in [1.807, 2.05) is 48.3 Å². The van der Waals surface area contributed by atoms with Gasteiger partial charge in [0, 0.05) is 52.2 Å². The van der Waals surface area contributed by atoms with Crippen LogP contribution in [0.25, 0.3) is 44.2 Å². The third-order valence-corrected chi connectivity index (χ3v) is 7.41. The van der Waals surface area contributed by atoms with Crippen molar-refractivity contribution in [3.05, 3.63) is 112 Å². The average molecular weight is 559 g/mol. The Morgan fingerprint density at radius 3 is 2.40 bits per heavy atom. The second kappa shape index (κ2) is 11.1. The quantitative estimate of drug-likeness (QED) is 0.110. The lowest BCUT2D eigenvalue weighted by atomic mass is 9.77. The smallest absolute Gasteiger partial charge is 0.488 e. The highest BCUT2D eigenvalue weighted by molar-refractivity contribution is 6.59. The highest BCUT2D eigenvalue weighted by atomic mass is 16.5. The topological polar surface area (TPSA) is 120 Å². The van der Waals surface area contributed by atoms with Crippen LogP contribution in [0, 0.1) is 0 Å². The van der Waals surface area contributed by atoms with Gasteiger partial charge in [0.1, 0.15) is 22.8 Å². The molecule has 3 N–H and O–H groups in total. The summed E-state index contributed by atoms with van der Waals surface area (Å²) >= 11 is 0. The maximum absolute atomic E-state index is 13.4. The third-order valence-electron chi connectivity index (χ3n) is 7.41. The minimum absolute atomic E-state index is 0.124. The zero-order valence-electron chi connectivity index (χ0n) is 22.7. The zero-order valence-corrected chi connectivity index (χ0v) is 22.7. The molecule has 0 spiro atoms. The van der Waals surface area contributed by atoms with E-state index >= 15 is 0 Å². The molecule has 0 radical (unpaired) electrons. The van der Waals surface area contributed by atoms with Crippen LogP contribution in [0.1, 0.15) is 11.1 Å². The number of ether oxygens (including phenoxy) is 1. The van der Waals surface area contributed by atoms with E-state index in [1.54, 1.807) is 48.5 Å². The number of rotatable bonds is 8. The second-order valence-electron chi connectivity index (χ2n) is 10.2. The lowest BCUT2D eigenvalue weighted by Gasteiger charge is -2.21. The van der Waals surface area contributed by atoms with Gasteiger partial charge in [-0.25, -0.2) is 0 Å². The molecule has 42 heavy (non-hydrogen) atoms. The molecule has 4 aromatic rings. The van der Waals surface area contributed by atoms with Gasteiger partial charge in [0.15, 0.2) is 5.43 Å². The highest BCUT2D eigenvalue weighted by Crippen LogP contribution is 2.45. The fourth-order valence-corrected chi connectivity index (χ4v) is 5.55. The van der Waals surface area contributed by atoms with E-state index in [4.69, 9.17) is 9.15 Å². The van der Waals surface area contributed by atoms with Gasteiger partial charge in [-0.2, -0.15) is 0 Å². The van der Waals surface area contributed by atoms with Crippen LogP contribution in [0.3, 0.4) is 0 Å². The Hall–Kier alpha value is -4.96. The van der Waals surface area contributed by atoms with Crippen LogP contribution >= 0.6 is 0 Å². The first kappa shape index (κ1) is 27.2. The van der Waals surface area contributed by atoms with E-state index in [9.17, 15) is 24.7 Å². The van der Waals surface area contributed by atoms with E-state index in [0.29, 0.717) is 52.3 Å². The first-order valence-electron chi connectivity index (χ1n) is 13.3. The molecule has 1 aliphatic heterocycles. The maximum atomic E-state index is 13.4. The number of carbonyl (C=O) groups is 1. The van der Waals surface area contributed by atoms with E-state index in [2.05, 4.69) is 0 Å². The van der Waals surface area contributed by atoms with Gasteiger partial charge < -0.3 is 24.3 Å². The first-order chi connectivity index (χ1) is 20.3. The van der Waals surface area contributed by atoms with Gasteiger partial charge in [0.2, 0.25) is 0 Å². The molecule has 8 nitrogen and oxygen atoms in total. The summed E-state index contributed by atoms with van der Waals surface area (Å²) in [6, 6.07) is 26.2. The molecule has 0 fully saturated rings. The van der Waals surface area contributed by atoms with E-state index < -0.39 is 7.12 Å². The van der Waals surface area contributed by atoms with Gasteiger partial charge >= 0.3 is 7.12 Å². The Morgan fingerprint density at radius 2 is 1.60 bits per heavy atom. The van der Waals surface area contributed by atoms with Gasteiger partial charge in [0.05, 0.1) is 0 Å². The lowest BCUT2D eigenvalue weighted by Crippen LogP contribution is -2.35. The molecule has 0 bridgehead atoms. The lowest BCUT2D eigenvalue weighted by molar-refractivity contribution is -0.120. The maximum Gasteiger partial charge on any atom is 0.488 e. The van der Waals surface area contributed by atoms with Crippen LogP contribution in [0.2, 0.25) is 0 Å². The fourth-order valence-electron chi connectivity index (χ4n) is 5.55. The van der Waals surface area contributed by atoms with Crippen molar-refractivity contribution in [3.8, 4) is 33.9 Å². The molecular weight excluding hydrogens is 533 g/mol. The molecule has 1 heterocycles. The Labute approximate surface area is 241 Å². The molecule has 0 amide bonds. The summed E-state index contributed by atoms with van der Waals surface area (Å²) in [6.07, 6.45) is 0. The van der Waals surface area contributed by atoms with Gasteiger partial charge in [-0.1, -0.05) is 48.5 Å². The van der Waals surface area contributed by atoms with Gasteiger partial charge in [-0.05, 0) is 59.9 Å². The van der Waals surface area contributed by atoms with Crippen LogP contribution in [-0.2, 0) is 17.9 Å². The van der Waals surface area contributed by atoms with Crippen molar-refractivity contribution in [2.45, 2.75) is 13.1 Å². The molecule has 0 unspecified atom stereocenters. The predicted octanol–water partition coefficient (Wildman–Crippen LogP) is 4.27. The Kier molecular flexibility index (Phi) is 7.22. The monoisotopic (exact) mass is 559 g/mol. The Balaban J connectivity index is 1.55. The van der Waals surface area contributed by atoms with Crippen LogP contribution in [0.4, 0.5) is 0 Å². The number of carbonyl (C=O) groups excluding carboxylic acids is 1. The number of fused-ring (bicyclic) bond motifs is 4. The van der Waals surface area contributed by atoms with Crippen LogP contribution < -0.4 is 15.6 Å². The van der Waals surface area contributed by atoms with E-state index in [1.165, 1.54) is 6.07 Å². The van der Waals surface area contributed by atoms with Crippen molar-refractivity contribution < 1.29 is 29.1 Å². The molecule has 4 aromatic carbocycles. The minimum atomic E-state index is -1.60. The number of hydrogen-bond acceptors (Lipinski definition) is 8. The summed E-state index contributed by atoms with van der Waals surface area (Å²) < 4.78 is 11.7. The molecular formula is C33H26BNO7. The third kappa shape index (κ3) is 5.01. The van der Waals surface area contributed by atoms with Gasteiger partial charge in [-0.15, -0.1) is 0 Å². The number of hydrogen-bond donors (Lipinski definition) is 3. The number of phenols is 1. The molecule has 208 valence electrons. The summed E-state index contributed by atoms with van der Waals surface area (Å²) in [5.74, 6) is 0.847. The van der Waals surface area contributed by atoms with Crippen molar-refractivity contribution in [3.63, 3.8) is 0 Å². The van der Waals surface area contributed by atoms with Gasteiger partial charge in [-0.3, -0.25) is 14.5 Å². The molecule has 0 aromatic heterocycles. The molecule has 9 heteroatoms. The van der Waals surface area contributed by atoms with Crippen molar-refractivity contribution in [2.75, 3.05) is 7.05 Å². The number of aromatic hydroxyl groups is 1. The predicted molar refractivity (Wildman–Crippen MR) is 162 cm³/mol. The molecule has 0 atom stereocenters. The Bertz CT molecular complexity index is 1980. The number of nitrogens with zero attached hydrogens (tertiary/aromatic N) is 1. The van der Waals surface area contributed by atoms with E-state index in [-0.39, 0.29) is 17.7 Å². The summed E-state index contributed by atoms with van der Waals surface area (Å²) in [4.78, 5) is 26.7. The highest BCUT2D eigenvalue weighted by Gasteiger charge is 2.23. The zero-order chi connectivity index (χ0) is 29.4. The fraction of sp³-hybridized carbons (Fsp3) is 0.0909. The first-order valence-corrected chi connectivity index (χ1v) is 13.3. The average Bonchev–Trinajstić information content (AvgIpc) is 2.97. The molecule has 2 aliphatic rings. The van der Waals surface area contributed by atoms with Gasteiger partial charge in [0.25, 0.3) is 6.47 Å². The molecule has 1 aliphatic carbocycles.